The fraction of sp³-hybridized carbons (Fsp3) is 0.562. The number of carbonyl (C=O) groups excluding carboxylic acids is 1. The lowest BCUT2D eigenvalue weighted by Gasteiger charge is -2.21. The van der Waals surface area contributed by atoms with E-state index < -0.39 is 0 Å². The van der Waals surface area contributed by atoms with Gasteiger partial charge in [-0.2, -0.15) is 0 Å². The Kier molecular flexibility index (Phi) is 3.99. The number of nitrogens with one attached hydrogen (secondary N) is 2. The third-order valence-electron chi connectivity index (χ3n) is 4.74. The molecule has 0 aromatic heterocycles. The van der Waals surface area contributed by atoms with Crippen LogP contribution in [0.25, 0.3) is 0 Å². The zero-order chi connectivity index (χ0) is 14.1. The van der Waals surface area contributed by atoms with Crippen LogP contribution in [0.5, 0.6) is 0 Å². The summed E-state index contributed by atoms with van der Waals surface area (Å²) in [5, 5.41) is 7.21. The van der Waals surface area contributed by atoms with Gasteiger partial charge in [-0.05, 0) is 55.8 Å². The minimum Gasteiger partial charge on any atom is -0.348 e. The van der Waals surface area contributed by atoms with Crippen molar-refractivity contribution >= 4 is 17.5 Å². The summed E-state index contributed by atoms with van der Waals surface area (Å²) in [6.45, 7) is 3.00. The van der Waals surface area contributed by atoms with Crippen LogP contribution in [0.2, 0.25) is 5.02 Å². The predicted molar refractivity (Wildman–Crippen MR) is 80.6 cm³/mol. The lowest BCUT2D eigenvalue weighted by Crippen LogP contribution is -2.44. The maximum atomic E-state index is 12.5. The van der Waals surface area contributed by atoms with Gasteiger partial charge in [-0.25, -0.2) is 0 Å². The highest BCUT2D eigenvalue weighted by atomic mass is 35.5. The zero-order valence-electron chi connectivity index (χ0n) is 11.7. The monoisotopic (exact) mass is 292 g/mol. The largest absolute Gasteiger partial charge is 0.348 e. The molecule has 1 heterocycles. The summed E-state index contributed by atoms with van der Waals surface area (Å²) in [6, 6.07) is 7.65. The summed E-state index contributed by atoms with van der Waals surface area (Å²) in [6.07, 6.45) is 3.72. The van der Waals surface area contributed by atoms with Crippen LogP contribution in [-0.4, -0.2) is 18.5 Å². The van der Waals surface area contributed by atoms with Gasteiger partial charge in [0, 0.05) is 5.02 Å². The molecule has 2 N–H and O–H groups in total. The van der Waals surface area contributed by atoms with E-state index >= 15 is 0 Å². The van der Waals surface area contributed by atoms with Crippen molar-refractivity contribution in [3.8, 4) is 0 Å². The van der Waals surface area contributed by atoms with E-state index in [1.165, 1.54) is 19.3 Å². The van der Waals surface area contributed by atoms with E-state index in [1.807, 2.05) is 31.2 Å². The van der Waals surface area contributed by atoms with E-state index in [-0.39, 0.29) is 18.0 Å². The first kappa shape index (κ1) is 13.9. The van der Waals surface area contributed by atoms with E-state index in [9.17, 15) is 4.79 Å². The standard InChI is InChI=1S/C16H21ClN2O/c1-10(11-4-2-6-13(17)8-11)19-16(20)15-14-7-3-5-12(14)9-18-15/h2,4,6,8,10,12,14-15,18H,3,5,7,9H2,1H3,(H,19,20)/t10-,12?,14?,15?/m1/s1. The fourth-order valence-electron chi connectivity index (χ4n) is 3.64. The van der Waals surface area contributed by atoms with E-state index in [1.54, 1.807) is 0 Å². The highest BCUT2D eigenvalue weighted by Crippen LogP contribution is 2.37. The third kappa shape index (κ3) is 2.70. The van der Waals surface area contributed by atoms with E-state index in [0.29, 0.717) is 16.9 Å². The Bertz CT molecular complexity index is 505. The van der Waals surface area contributed by atoms with Gasteiger partial charge in [-0.1, -0.05) is 30.2 Å². The van der Waals surface area contributed by atoms with Gasteiger partial charge < -0.3 is 10.6 Å². The van der Waals surface area contributed by atoms with Gasteiger partial charge in [0.1, 0.15) is 0 Å². The maximum Gasteiger partial charge on any atom is 0.237 e. The van der Waals surface area contributed by atoms with Crippen LogP contribution in [0, 0.1) is 11.8 Å². The number of rotatable bonds is 3. The number of carbonyl (C=O) groups is 1. The first-order valence-electron chi connectivity index (χ1n) is 7.44. The van der Waals surface area contributed by atoms with Crippen molar-refractivity contribution in [1.82, 2.24) is 10.6 Å². The number of fused-ring (bicyclic) bond motifs is 1. The molecule has 1 saturated carbocycles. The first-order chi connectivity index (χ1) is 9.65. The second-order valence-corrected chi connectivity index (χ2v) is 6.46. The number of amides is 1. The van der Waals surface area contributed by atoms with Gasteiger partial charge in [-0.3, -0.25) is 4.79 Å². The Morgan fingerprint density at radius 1 is 1.45 bits per heavy atom. The number of hydrogen-bond donors (Lipinski definition) is 2. The molecule has 0 bridgehead atoms. The van der Waals surface area contributed by atoms with Crippen LogP contribution >= 0.6 is 11.6 Å². The minimum absolute atomic E-state index is 0.0101. The SMILES string of the molecule is C[C@@H](NC(=O)C1NCC2CCCC21)c1cccc(Cl)c1. The van der Waals surface area contributed by atoms with Gasteiger partial charge in [0.25, 0.3) is 0 Å². The smallest absolute Gasteiger partial charge is 0.237 e. The van der Waals surface area contributed by atoms with Gasteiger partial charge >= 0.3 is 0 Å². The van der Waals surface area contributed by atoms with Crippen LogP contribution in [0.3, 0.4) is 0 Å². The second-order valence-electron chi connectivity index (χ2n) is 6.03. The molecule has 1 aliphatic carbocycles. The molecule has 1 aromatic carbocycles. The van der Waals surface area contributed by atoms with Crippen LogP contribution in [0.1, 0.15) is 37.8 Å². The van der Waals surface area contributed by atoms with Crippen molar-refractivity contribution in [2.45, 2.75) is 38.3 Å². The average molecular weight is 293 g/mol. The number of hydrogen-bond acceptors (Lipinski definition) is 2. The van der Waals surface area contributed by atoms with Gasteiger partial charge in [0.2, 0.25) is 5.91 Å². The van der Waals surface area contributed by atoms with Crippen molar-refractivity contribution in [2.75, 3.05) is 6.54 Å². The fourth-order valence-corrected chi connectivity index (χ4v) is 3.84. The Hall–Kier alpha value is -1.06. The Balaban J connectivity index is 1.64. The zero-order valence-corrected chi connectivity index (χ0v) is 12.5. The second kappa shape index (κ2) is 5.74. The Morgan fingerprint density at radius 3 is 3.10 bits per heavy atom. The molecule has 0 radical (unpaired) electrons. The highest BCUT2D eigenvalue weighted by Gasteiger charge is 2.42. The summed E-state index contributed by atoms with van der Waals surface area (Å²) in [4.78, 5) is 12.5. The maximum absolute atomic E-state index is 12.5. The molecule has 3 rings (SSSR count). The molecule has 4 atom stereocenters. The lowest BCUT2D eigenvalue weighted by molar-refractivity contribution is -0.124. The molecule has 3 unspecified atom stereocenters. The summed E-state index contributed by atoms with van der Waals surface area (Å²) in [7, 11) is 0. The lowest BCUT2D eigenvalue weighted by atomic mass is 9.93. The molecule has 1 amide bonds. The molecule has 1 saturated heterocycles. The molecule has 2 aliphatic rings. The van der Waals surface area contributed by atoms with Crippen LogP contribution in [0.4, 0.5) is 0 Å². The molecule has 1 aliphatic heterocycles. The molecule has 108 valence electrons. The van der Waals surface area contributed by atoms with Crippen molar-refractivity contribution in [3.63, 3.8) is 0 Å². The van der Waals surface area contributed by atoms with Crippen molar-refractivity contribution in [3.05, 3.63) is 34.9 Å². The quantitative estimate of drug-likeness (QED) is 0.899. The summed E-state index contributed by atoms with van der Waals surface area (Å²) < 4.78 is 0. The molecule has 20 heavy (non-hydrogen) atoms. The van der Waals surface area contributed by atoms with Gasteiger partial charge in [-0.15, -0.1) is 0 Å². The van der Waals surface area contributed by atoms with E-state index in [0.717, 1.165) is 12.1 Å². The van der Waals surface area contributed by atoms with Crippen molar-refractivity contribution in [1.29, 1.82) is 0 Å². The summed E-state index contributed by atoms with van der Waals surface area (Å²) in [5.41, 5.74) is 1.05. The Morgan fingerprint density at radius 2 is 2.30 bits per heavy atom. The van der Waals surface area contributed by atoms with Crippen molar-refractivity contribution < 1.29 is 4.79 Å². The van der Waals surface area contributed by atoms with Crippen LogP contribution in [-0.2, 0) is 4.79 Å². The Labute approximate surface area is 125 Å². The minimum atomic E-state index is -0.0107. The molecule has 1 aromatic rings. The highest BCUT2D eigenvalue weighted by molar-refractivity contribution is 6.30. The molecule has 2 fully saturated rings. The van der Waals surface area contributed by atoms with E-state index in [4.69, 9.17) is 11.6 Å². The summed E-state index contributed by atoms with van der Waals surface area (Å²) >= 11 is 6.00. The summed E-state index contributed by atoms with van der Waals surface area (Å²) in [5.74, 6) is 1.36. The molecular formula is C16H21ClN2O. The first-order valence-corrected chi connectivity index (χ1v) is 7.82. The van der Waals surface area contributed by atoms with Gasteiger partial charge in [0.15, 0.2) is 0 Å². The molecule has 3 nitrogen and oxygen atoms in total. The predicted octanol–water partition coefficient (Wildman–Crippen LogP) is 2.91. The topological polar surface area (TPSA) is 41.1 Å². The van der Waals surface area contributed by atoms with Crippen molar-refractivity contribution in [2.24, 2.45) is 11.8 Å². The normalized spacial score (nSPS) is 30.0. The molecular weight excluding hydrogens is 272 g/mol. The number of benzene rings is 1. The van der Waals surface area contributed by atoms with Gasteiger partial charge in [0.05, 0.1) is 12.1 Å². The van der Waals surface area contributed by atoms with Crippen LogP contribution in [0.15, 0.2) is 24.3 Å². The molecule has 0 spiro atoms. The third-order valence-corrected chi connectivity index (χ3v) is 4.97. The average Bonchev–Trinajstić information content (AvgIpc) is 3.00. The number of halogens is 1. The molecule has 4 heteroatoms. The van der Waals surface area contributed by atoms with E-state index in [2.05, 4.69) is 10.6 Å². The van der Waals surface area contributed by atoms with Crippen LogP contribution < -0.4 is 10.6 Å².